The van der Waals surface area contributed by atoms with E-state index < -0.39 is 29.6 Å². The van der Waals surface area contributed by atoms with Crippen LogP contribution in [-0.4, -0.2) is 25.2 Å². The van der Waals surface area contributed by atoms with Gasteiger partial charge in [0.25, 0.3) is 0 Å². The van der Waals surface area contributed by atoms with Crippen molar-refractivity contribution in [2.45, 2.75) is 36.6 Å². The molecule has 1 aromatic carbocycles. The topological polar surface area (TPSA) is 18.5 Å². The smallest absolute Gasteiger partial charge is 1.00 e. The molecule has 0 fully saturated rings. The van der Waals surface area contributed by atoms with Crippen LogP contribution in [0.1, 0.15) is 28.1 Å². The van der Waals surface area contributed by atoms with Crippen LogP contribution >= 0.6 is 0 Å². The Hall–Kier alpha value is -0.250. The van der Waals surface area contributed by atoms with Gasteiger partial charge in [-0.2, -0.15) is 0 Å². The minimum Gasteiger partial charge on any atom is -1.00 e. The maximum Gasteiger partial charge on any atom is -1.00 e. The van der Waals surface area contributed by atoms with Gasteiger partial charge in [-0.25, -0.2) is 0 Å². The largest absolute Gasteiger partial charge is 1.00 e. The van der Waals surface area contributed by atoms with Gasteiger partial charge >= 0.3 is 161 Å². The number of ether oxygens (including phenoxy) is 1. The van der Waals surface area contributed by atoms with Crippen LogP contribution in [0.25, 0.3) is 6.08 Å². The van der Waals surface area contributed by atoms with E-state index in [0.717, 1.165) is 12.2 Å². The van der Waals surface area contributed by atoms with Gasteiger partial charge in [-0.15, -0.1) is 0 Å². The predicted molar refractivity (Wildman–Crippen MR) is 106 cm³/mol. The first-order valence-electron chi connectivity index (χ1n) is 9.09. The molecule has 2 aliphatic carbocycles. The number of hydrogen-bond acceptors (Lipinski definition) is 2. The van der Waals surface area contributed by atoms with Crippen molar-refractivity contribution in [2.24, 2.45) is 0 Å². The van der Waals surface area contributed by atoms with Crippen molar-refractivity contribution in [3.05, 3.63) is 62.7 Å². The fourth-order valence-electron chi connectivity index (χ4n) is 3.39. The molecule has 0 saturated carbocycles. The molecule has 3 rings (SSSR count). The number of rotatable bonds is 7. The van der Waals surface area contributed by atoms with Gasteiger partial charge in [0.2, 0.25) is 0 Å². The van der Waals surface area contributed by atoms with Crippen molar-refractivity contribution >= 4 is 18.1 Å². The van der Waals surface area contributed by atoms with Crippen LogP contribution in [0.5, 0.6) is 0 Å². The molecule has 146 valence electrons. The summed E-state index contributed by atoms with van der Waals surface area (Å²) >= 11 is -1.83. The molecule has 0 N–H and O–H groups in total. The number of benzene rings is 1. The summed E-state index contributed by atoms with van der Waals surface area (Å²) in [6, 6.07) is 8.84. The Labute approximate surface area is 184 Å². The summed E-state index contributed by atoms with van der Waals surface area (Å²) in [5, 5.41) is 0. The quantitative estimate of drug-likeness (QED) is 0.361. The molecule has 0 saturated heterocycles. The predicted octanol–water partition coefficient (Wildman–Crippen LogP) is -0.758. The summed E-state index contributed by atoms with van der Waals surface area (Å²) < 4.78 is 16.6. The zero-order chi connectivity index (χ0) is 17.9. The first-order valence-corrected chi connectivity index (χ1v) is 16.6. The summed E-state index contributed by atoms with van der Waals surface area (Å²) in [7, 11) is -1.44. The van der Waals surface area contributed by atoms with Crippen molar-refractivity contribution in [1.29, 1.82) is 0 Å². The van der Waals surface area contributed by atoms with Gasteiger partial charge in [0.15, 0.2) is 0 Å². The summed E-state index contributed by atoms with van der Waals surface area (Å²) in [4.78, 5) is 0. The average molecular weight is 503 g/mol. The number of fused-ring (bicyclic) bond motifs is 1. The molecule has 1 unspecified atom stereocenters. The first-order chi connectivity index (χ1) is 12.0. The second kappa shape index (κ2) is 11.1. The molecular formula is C21H28Cl2O2SiZr. The molecule has 0 bridgehead atoms. The third kappa shape index (κ3) is 6.65. The SMILES string of the molecule is C[CH]=[Zr+2]([C]1=CC(OCCO[Si](C)(C)C)=CC1)[CH]1C=Cc2ccccc21.[Cl-].[Cl-]. The van der Waals surface area contributed by atoms with Crippen LogP contribution in [0.2, 0.25) is 19.6 Å². The molecule has 2 aliphatic rings. The average Bonchev–Trinajstić information content (AvgIpc) is 3.20. The molecule has 1 atom stereocenters. The Morgan fingerprint density at radius 2 is 1.89 bits per heavy atom. The van der Waals surface area contributed by atoms with Gasteiger partial charge < -0.3 is 24.8 Å². The van der Waals surface area contributed by atoms with Crippen molar-refractivity contribution in [2.75, 3.05) is 13.2 Å². The van der Waals surface area contributed by atoms with E-state index in [1.165, 1.54) is 11.1 Å². The van der Waals surface area contributed by atoms with Crippen LogP contribution < -0.4 is 24.8 Å². The monoisotopic (exact) mass is 500 g/mol. The minimum absolute atomic E-state index is 0. The van der Waals surface area contributed by atoms with E-state index >= 15 is 0 Å². The normalized spacial score (nSPS) is 17.6. The molecule has 0 radical (unpaired) electrons. The van der Waals surface area contributed by atoms with E-state index in [0.29, 0.717) is 16.8 Å². The zero-order valence-electron chi connectivity index (χ0n) is 16.5. The van der Waals surface area contributed by atoms with Crippen molar-refractivity contribution in [1.82, 2.24) is 0 Å². The maximum atomic E-state index is 5.94. The third-order valence-electron chi connectivity index (χ3n) is 4.54. The van der Waals surface area contributed by atoms with Gasteiger partial charge in [0.1, 0.15) is 0 Å². The summed E-state index contributed by atoms with van der Waals surface area (Å²) in [6.45, 7) is 10.2. The van der Waals surface area contributed by atoms with E-state index in [1.54, 1.807) is 3.28 Å². The van der Waals surface area contributed by atoms with Gasteiger partial charge in [-0.1, -0.05) is 0 Å². The molecule has 1 aromatic rings. The summed E-state index contributed by atoms with van der Waals surface area (Å²) in [5.74, 6) is 1.05. The first kappa shape index (κ1) is 24.8. The minimum atomic E-state index is -1.83. The summed E-state index contributed by atoms with van der Waals surface area (Å²) in [6.07, 6.45) is 10.4. The van der Waals surface area contributed by atoms with Gasteiger partial charge in [-0.05, 0) is 0 Å². The fraction of sp³-hybridized carbons (Fsp3) is 0.381. The van der Waals surface area contributed by atoms with E-state index in [2.05, 4.69) is 78.8 Å². The second-order valence-electron chi connectivity index (χ2n) is 7.50. The molecule has 0 aliphatic heterocycles. The second-order valence-corrected chi connectivity index (χ2v) is 18.8. The fourth-order valence-corrected chi connectivity index (χ4v) is 10.7. The Bertz CT molecular complexity index is 764. The van der Waals surface area contributed by atoms with Crippen LogP contribution in [0.3, 0.4) is 0 Å². The van der Waals surface area contributed by atoms with Crippen molar-refractivity contribution in [3.63, 3.8) is 0 Å². The maximum absolute atomic E-state index is 5.94. The van der Waals surface area contributed by atoms with Gasteiger partial charge in [-0.3, -0.25) is 0 Å². The third-order valence-corrected chi connectivity index (χ3v) is 12.7. The number of allylic oxidation sites excluding steroid dienone is 4. The van der Waals surface area contributed by atoms with Crippen LogP contribution in [0.15, 0.2) is 51.5 Å². The number of hydrogen-bond donors (Lipinski definition) is 0. The van der Waals surface area contributed by atoms with Crippen molar-refractivity contribution in [3.8, 4) is 0 Å². The zero-order valence-corrected chi connectivity index (χ0v) is 21.4. The molecule has 0 spiro atoms. The molecule has 0 aromatic heterocycles. The number of halogens is 2. The van der Waals surface area contributed by atoms with Crippen LogP contribution in [0, 0.1) is 0 Å². The molecule has 2 nitrogen and oxygen atoms in total. The van der Waals surface area contributed by atoms with E-state index in [1.807, 2.05) is 0 Å². The molecule has 27 heavy (non-hydrogen) atoms. The summed E-state index contributed by atoms with van der Waals surface area (Å²) in [5.41, 5.74) is 2.92. The van der Waals surface area contributed by atoms with Crippen LogP contribution in [0.4, 0.5) is 0 Å². The van der Waals surface area contributed by atoms with E-state index in [4.69, 9.17) is 9.16 Å². The van der Waals surface area contributed by atoms with E-state index in [-0.39, 0.29) is 24.8 Å². The Morgan fingerprint density at radius 1 is 1.15 bits per heavy atom. The Balaban J connectivity index is 0.00000182. The standard InChI is InChI=1S/C10H17O2Si.C9H7.C2H4.2ClH.Zr/c1-13(2,3)12-9-8-11-10-6-4-5-7-10;1-2-5-9-7-3-6-8(9)4-1;1-2;;;/h6-7H,4,8-9H2,1-3H3;1-7H;1H,2H3;2*1H;/q;;;;;+2/p-2. The molecule has 6 heteroatoms. The van der Waals surface area contributed by atoms with E-state index in [9.17, 15) is 0 Å². The molecular weight excluding hydrogens is 474 g/mol. The van der Waals surface area contributed by atoms with Gasteiger partial charge in [0, 0.05) is 0 Å². The molecule has 0 amide bonds. The van der Waals surface area contributed by atoms with Gasteiger partial charge in [0.05, 0.1) is 0 Å². The Kier molecular flexibility index (Phi) is 10.2. The van der Waals surface area contributed by atoms with Crippen LogP contribution in [-0.2, 0) is 30.4 Å². The van der Waals surface area contributed by atoms with Crippen molar-refractivity contribution < 1.29 is 55.2 Å². The Morgan fingerprint density at radius 3 is 2.59 bits per heavy atom. The molecule has 0 heterocycles.